The first-order chi connectivity index (χ1) is 13.9. The van der Waals surface area contributed by atoms with Crippen LogP contribution in [0, 0.1) is 18.8 Å². The summed E-state index contributed by atoms with van der Waals surface area (Å²) in [6, 6.07) is 6.46. The van der Waals surface area contributed by atoms with Crippen molar-refractivity contribution < 1.29 is 14.7 Å². The summed E-state index contributed by atoms with van der Waals surface area (Å²) in [6.45, 7) is 4.32. The molecule has 0 aliphatic heterocycles. The molecule has 1 aliphatic carbocycles. The fraction of sp³-hybridized carbons (Fsp3) is 0.500. The number of unbranched alkanes of at least 4 members (excludes halogenated alkanes) is 1. The molecule has 29 heavy (non-hydrogen) atoms. The quantitative estimate of drug-likeness (QED) is 0.415. The molecule has 4 nitrogen and oxygen atoms in total. The molecule has 0 saturated heterocycles. The third kappa shape index (κ3) is 5.92. The number of carbonyl (C=O) groups excluding carboxylic acids is 1. The Morgan fingerprint density at radius 2 is 2.10 bits per heavy atom. The van der Waals surface area contributed by atoms with Crippen LogP contribution in [0.4, 0.5) is 0 Å². The Bertz CT molecular complexity index is 885. The van der Waals surface area contributed by atoms with Gasteiger partial charge >= 0.3 is 5.97 Å². The number of carboxylic acids is 1. The van der Waals surface area contributed by atoms with Gasteiger partial charge in [0.05, 0.1) is 5.56 Å². The van der Waals surface area contributed by atoms with Gasteiger partial charge in [0.15, 0.2) is 0 Å². The molecule has 2 N–H and O–H groups in total. The number of aryl methyl sites for hydroxylation is 1. The van der Waals surface area contributed by atoms with E-state index in [-0.39, 0.29) is 18.4 Å². The largest absolute Gasteiger partial charge is 0.481 e. The molecule has 1 heterocycles. The van der Waals surface area contributed by atoms with Crippen LogP contribution in [0.2, 0.25) is 0 Å². The van der Waals surface area contributed by atoms with E-state index in [1.807, 2.05) is 5.38 Å². The number of thiophene rings is 1. The zero-order valence-electron chi connectivity index (χ0n) is 17.3. The van der Waals surface area contributed by atoms with Crippen molar-refractivity contribution in [1.82, 2.24) is 5.32 Å². The fourth-order valence-electron chi connectivity index (χ4n) is 4.23. The van der Waals surface area contributed by atoms with Gasteiger partial charge in [-0.05, 0) is 63.0 Å². The van der Waals surface area contributed by atoms with E-state index in [4.69, 9.17) is 5.11 Å². The number of aliphatic carboxylic acids is 1. The number of hydrogen-bond acceptors (Lipinski definition) is 3. The highest BCUT2D eigenvalue weighted by atomic mass is 32.1. The van der Waals surface area contributed by atoms with Crippen LogP contribution < -0.4 is 5.32 Å². The Labute approximate surface area is 177 Å². The maximum absolute atomic E-state index is 13.1. The molecular formula is C24H31NO3S. The van der Waals surface area contributed by atoms with Gasteiger partial charge in [0, 0.05) is 27.9 Å². The van der Waals surface area contributed by atoms with Crippen molar-refractivity contribution in [2.75, 3.05) is 0 Å². The lowest BCUT2D eigenvalue weighted by Crippen LogP contribution is -2.43. The highest BCUT2D eigenvalue weighted by Gasteiger charge is 2.29. The highest BCUT2D eigenvalue weighted by molar-refractivity contribution is 7.17. The number of nitrogens with one attached hydrogen (secondary N) is 1. The zero-order chi connectivity index (χ0) is 20.8. The molecule has 1 saturated carbocycles. The van der Waals surface area contributed by atoms with E-state index in [0.29, 0.717) is 18.3 Å². The number of benzene rings is 1. The first-order valence-corrected chi connectivity index (χ1v) is 11.5. The fourth-order valence-corrected chi connectivity index (χ4v) is 5.15. The lowest BCUT2D eigenvalue weighted by atomic mass is 9.77. The number of hydrogen-bond donors (Lipinski definition) is 2. The molecular weight excluding hydrogens is 382 g/mol. The molecule has 1 unspecified atom stereocenters. The molecule has 1 aromatic heterocycles. The molecule has 3 atom stereocenters. The number of carboxylic acid groups (broad SMARTS) is 1. The van der Waals surface area contributed by atoms with Crippen LogP contribution in [0.25, 0.3) is 10.1 Å². The molecule has 1 fully saturated rings. The van der Waals surface area contributed by atoms with E-state index < -0.39 is 5.97 Å². The zero-order valence-corrected chi connectivity index (χ0v) is 18.1. The number of rotatable bonds is 8. The summed E-state index contributed by atoms with van der Waals surface area (Å²) in [5, 5.41) is 15.1. The molecule has 0 bridgehead atoms. The average Bonchev–Trinajstić information content (AvgIpc) is 3.09. The van der Waals surface area contributed by atoms with Gasteiger partial charge in [0.25, 0.3) is 5.91 Å². The summed E-state index contributed by atoms with van der Waals surface area (Å²) < 4.78 is 1.15. The second-order valence-electron chi connectivity index (χ2n) is 8.40. The minimum Gasteiger partial charge on any atom is -0.481 e. The minimum absolute atomic E-state index is 0.0383. The lowest BCUT2D eigenvalue weighted by Gasteiger charge is -2.35. The highest BCUT2D eigenvalue weighted by Crippen LogP contribution is 2.32. The first-order valence-electron chi connectivity index (χ1n) is 10.6. The van der Waals surface area contributed by atoms with Crippen molar-refractivity contribution in [1.29, 1.82) is 0 Å². The lowest BCUT2D eigenvalue weighted by molar-refractivity contribution is -0.137. The molecule has 1 aromatic carbocycles. The third-order valence-electron chi connectivity index (χ3n) is 5.91. The van der Waals surface area contributed by atoms with Crippen LogP contribution in [0.5, 0.6) is 0 Å². The van der Waals surface area contributed by atoms with Crippen molar-refractivity contribution in [3.63, 3.8) is 0 Å². The number of carbonyl (C=O) groups is 2. The van der Waals surface area contributed by atoms with Gasteiger partial charge in [-0.25, -0.2) is 0 Å². The normalized spacial score (nSPS) is 22.2. The summed E-state index contributed by atoms with van der Waals surface area (Å²) in [5.41, 5.74) is 1.96. The Kier molecular flexibility index (Phi) is 7.48. The monoisotopic (exact) mass is 413 g/mol. The van der Waals surface area contributed by atoms with Crippen LogP contribution in [0.1, 0.15) is 67.8 Å². The molecule has 5 heteroatoms. The van der Waals surface area contributed by atoms with Crippen LogP contribution >= 0.6 is 11.3 Å². The van der Waals surface area contributed by atoms with Gasteiger partial charge < -0.3 is 10.4 Å². The Morgan fingerprint density at radius 1 is 1.28 bits per heavy atom. The van der Waals surface area contributed by atoms with Crippen LogP contribution in [0.3, 0.4) is 0 Å². The summed E-state index contributed by atoms with van der Waals surface area (Å²) >= 11 is 1.62. The van der Waals surface area contributed by atoms with E-state index in [9.17, 15) is 9.59 Å². The van der Waals surface area contributed by atoms with Gasteiger partial charge in [-0.15, -0.1) is 11.3 Å². The number of fused-ring (bicyclic) bond motifs is 1. The molecule has 1 amide bonds. The Balaban J connectivity index is 1.62. The molecule has 156 valence electrons. The van der Waals surface area contributed by atoms with Crippen LogP contribution in [-0.2, 0) is 4.79 Å². The predicted molar refractivity (Wildman–Crippen MR) is 120 cm³/mol. The van der Waals surface area contributed by atoms with Gasteiger partial charge in [0.2, 0.25) is 0 Å². The van der Waals surface area contributed by atoms with Gasteiger partial charge in [-0.1, -0.05) is 37.1 Å². The second kappa shape index (κ2) is 10.1. The van der Waals surface area contributed by atoms with E-state index in [1.165, 1.54) is 12.0 Å². The van der Waals surface area contributed by atoms with Crippen LogP contribution in [0.15, 0.2) is 35.7 Å². The average molecular weight is 414 g/mol. The number of allylic oxidation sites excluding steroid dienone is 2. The smallest absolute Gasteiger partial charge is 0.303 e. The van der Waals surface area contributed by atoms with Crippen molar-refractivity contribution in [2.45, 2.75) is 64.8 Å². The first kappa shape index (κ1) is 21.6. The Morgan fingerprint density at radius 3 is 2.90 bits per heavy atom. The van der Waals surface area contributed by atoms with Crippen molar-refractivity contribution in [2.24, 2.45) is 11.8 Å². The molecule has 3 rings (SSSR count). The Hall–Kier alpha value is -2.14. The summed E-state index contributed by atoms with van der Waals surface area (Å²) in [7, 11) is 0. The van der Waals surface area contributed by atoms with Gasteiger partial charge in [0.1, 0.15) is 0 Å². The molecule has 2 aromatic rings. The van der Waals surface area contributed by atoms with Gasteiger partial charge in [-0.2, -0.15) is 0 Å². The van der Waals surface area contributed by atoms with Crippen molar-refractivity contribution >= 4 is 33.3 Å². The summed E-state index contributed by atoms with van der Waals surface area (Å²) in [5.74, 6) is 0.366. The number of amides is 1. The van der Waals surface area contributed by atoms with Crippen molar-refractivity contribution in [3.8, 4) is 0 Å². The minimum atomic E-state index is -0.737. The summed E-state index contributed by atoms with van der Waals surface area (Å²) in [6.07, 6.45) is 10.2. The maximum Gasteiger partial charge on any atom is 0.303 e. The standard InChI is InChI=1S/C24H31NO3S/c1-16-10-12-22-19(13-16)20(15-29-22)24(28)25-21-14-17(2)9-11-18(21)7-5-3-4-6-8-23(26)27/h3,5,10,12-13,15,17-18,21H,4,6-9,11,14H2,1-2H3,(H,25,28)(H,26,27)/b5-3-/t17-,18+,21?/m1/s1. The van der Waals surface area contributed by atoms with E-state index >= 15 is 0 Å². The van der Waals surface area contributed by atoms with Crippen LogP contribution in [-0.4, -0.2) is 23.0 Å². The SMILES string of the molecule is Cc1ccc2scc(C(=O)NC3C[C@H](C)CC[C@@H]3C/C=C\CCCC(=O)O)c2c1. The molecule has 0 spiro atoms. The second-order valence-corrected chi connectivity index (χ2v) is 9.31. The van der Waals surface area contributed by atoms with E-state index in [0.717, 1.165) is 41.3 Å². The maximum atomic E-state index is 13.1. The van der Waals surface area contributed by atoms with Gasteiger partial charge in [-0.3, -0.25) is 9.59 Å². The van der Waals surface area contributed by atoms with Crippen molar-refractivity contribution in [3.05, 3.63) is 46.9 Å². The predicted octanol–water partition coefficient (Wildman–Crippen LogP) is 5.95. The summed E-state index contributed by atoms with van der Waals surface area (Å²) in [4.78, 5) is 23.6. The molecule has 0 radical (unpaired) electrons. The third-order valence-corrected chi connectivity index (χ3v) is 6.88. The molecule has 1 aliphatic rings. The van der Waals surface area contributed by atoms with E-state index in [2.05, 4.69) is 49.5 Å². The topological polar surface area (TPSA) is 66.4 Å². The van der Waals surface area contributed by atoms with E-state index in [1.54, 1.807) is 11.3 Å².